The van der Waals surface area contributed by atoms with Crippen molar-refractivity contribution in [1.29, 1.82) is 0 Å². The molecule has 1 N–H and O–H groups in total. The lowest BCUT2D eigenvalue weighted by Gasteiger charge is -2.15. The lowest BCUT2D eigenvalue weighted by molar-refractivity contribution is -0.161. The molecule has 0 rings (SSSR count). The lowest BCUT2D eigenvalue weighted by atomic mass is 10.1. The van der Waals surface area contributed by atoms with Crippen LogP contribution in [0.15, 0.2) is 72.9 Å². The first-order valence-electron chi connectivity index (χ1n) is 18.0. The van der Waals surface area contributed by atoms with Gasteiger partial charge < -0.3 is 14.6 Å². The van der Waals surface area contributed by atoms with Crippen LogP contribution < -0.4 is 0 Å². The van der Waals surface area contributed by atoms with Gasteiger partial charge in [0.1, 0.15) is 6.61 Å². The SMILES string of the molecule is CC/C=C\C/C=C\C/C=C\C/C=C\C/C=C\CCCCCC(=O)O[C@@H](CO)COC(=O)CCCCCCC/C=C\CCCCC. The van der Waals surface area contributed by atoms with Gasteiger partial charge >= 0.3 is 11.9 Å². The van der Waals surface area contributed by atoms with Crippen molar-refractivity contribution < 1.29 is 24.2 Å². The second-order valence-corrected chi connectivity index (χ2v) is 11.6. The monoisotopic (exact) mass is 626 g/mol. The van der Waals surface area contributed by atoms with Crippen molar-refractivity contribution in [3.05, 3.63) is 72.9 Å². The number of unbranched alkanes of at least 4 members (excludes halogenated alkanes) is 11. The molecule has 256 valence electrons. The standard InChI is InChI=1S/C40H66O5/c1-3-5-7-9-11-13-15-17-18-19-20-21-22-23-25-27-29-31-33-35-40(43)45-38(36-41)37-44-39(42)34-32-30-28-26-24-16-14-12-10-8-6-4-2/h5,7,11-14,17-18,20-21,23,25,38,41H,3-4,6,8-10,15-16,19,22,24,26-37H2,1-2H3/b7-5-,13-11-,14-12-,18-17-,21-20-,25-23-/t38-/m0/s1. The molecule has 0 aliphatic heterocycles. The first-order valence-corrected chi connectivity index (χ1v) is 18.0. The van der Waals surface area contributed by atoms with Gasteiger partial charge in [0.15, 0.2) is 6.10 Å². The molecule has 0 aliphatic rings. The van der Waals surface area contributed by atoms with Crippen LogP contribution >= 0.6 is 0 Å². The summed E-state index contributed by atoms with van der Waals surface area (Å²) in [6, 6.07) is 0. The number of allylic oxidation sites excluding steroid dienone is 12. The fourth-order valence-electron chi connectivity index (χ4n) is 4.51. The van der Waals surface area contributed by atoms with E-state index in [9.17, 15) is 14.7 Å². The molecule has 0 heterocycles. The molecule has 0 bridgehead atoms. The summed E-state index contributed by atoms with van der Waals surface area (Å²) in [6.45, 7) is 3.94. The molecule has 5 nitrogen and oxygen atoms in total. The van der Waals surface area contributed by atoms with Crippen molar-refractivity contribution in [3.63, 3.8) is 0 Å². The fraction of sp³-hybridized carbons (Fsp3) is 0.650. The van der Waals surface area contributed by atoms with E-state index >= 15 is 0 Å². The molecule has 5 heteroatoms. The molecule has 1 atom stereocenters. The predicted octanol–water partition coefficient (Wildman–Crippen LogP) is 11.0. The van der Waals surface area contributed by atoms with Gasteiger partial charge in [-0.2, -0.15) is 0 Å². The molecular formula is C40H66O5. The molecule has 0 radical (unpaired) electrons. The average Bonchev–Trinajstić information content (AvgIpc) is 3.04. The highest BCUT2D eigenvalue weighted by Crippen LogP contribution is 2.10. The Morgan fingerprint density at radius 2 is 0.956 bits per heavy atom. The minimum atomic E-state index is -0.794. The molecular weight excluding hydrogens is 560 g/mol. The summed E-state index contributed by atoms with van der Waals surface area (Å²) in [6.07, 6.45) is 46.7. The molecule has 0 aliphatic carbocycles. The van der Waals surface area contributed by atoms with Gasteiger partial charge in [-0.3, -0.25) is 9.59 Å². The number of carbonyl (C=O) groups excluding carboxylic acids is 2. The third kappa shape index (κ3) is 34.1. The number of esters is 2. The maximum atomic E-state index is 12.1. The van der Waals surface area contributed by atoms with Crippen molar-refractivity contribution in [3.8, 4) is 0 Å². The van der Waals surface area contributed by atoms with Gasteiger partial charge in [0, 0.05) is 12.8 Å². The minimum Gasteiger partial charge on any atom is -0.462 e. The van der Waals surface area contributed by atoms with Gasteiger partial charge in [0.2, 0.25) is 0 Å². The second kappa shape index (κ2) is 35.8. The third-order valence-electron chi connectivity index (χ3n) is 7.23. The molecule has 0 saturated carbocycles. The Morgan fingerprint density at radius 1 is 0.533 bits per heavy atom. The van der Waals surface area contributed by atoms with Crippen LogP contribution in [0, 0.1) is 0 Å². The van der Waals surface area contributed by atoms with E-state index in [1.165, 1.54) is 38.5 Å². The van der Waals surface area contributed by atoms with E-state index in [-0.39, 0.29) is 25.2 Å². The predicted molar refractivity (Wildman–Crippen MR) is 191 cm³/mol. The topological polar surface area (TPSA) is 72.8 Å². The Kier molecular flexibility index (Phi) is 33.7. The first-order chi connectivity index (χ1) is 22.1. The number of ether oxygens (including phenoxy) is 2. The average molecular weight is 627 g/mol. The zero-order valence-corrected chi connectivity index (χ0v) is 28.8. The van der Waals surface area contributed by atoms with Gasteiger partial charge in [-0.1, -0.05) is 125 Å². The third-order valence-corrected chi connectivity index (χ3v) is 7.23. The molecule has 0 aromatic heterocycles. The van der Waals surface area contributed by atoms with Crippen LogP contribution in [0.2, 0.25) is 0 Å². The number of aliphatic hydroxyl groups is 1. The highest BCUT2D eigenvalue weighted by Gasteiger charge is 2.16. The summed E-state index contributed by atoms with van der Waals surface area (Å²) in [5.41, 5.74) is 0. The fourth-order valence-corrected chi connectivity index (χ4v) is 4.51. The molecule has 0 aromatic carbocycles. The van der Waals surface area contributed by atoms with Gasteiger partial charge in [0.05, 0.1) is 6.61 Å². The summed E-state index contributed by atoms with van der Waals surface area (Å²) in [5.74, 6) is -0.648. The van der Waals surface area contributed by atoms with E-state index in [4.69, 9.17) is 9.47 Å². The Hall–Kier alpha value is -2.66. The maximum absolute atomic E-state index is 12.1. The van der Waals surface area contributed by atoms with Crippen LogP contribution in [0.3, 0.4) is 0 Å². The molecule has 0 unspecified atom stereocenters. The van der Waals surface area contributed by atoms with Crippen molar-refractivity contribution in [2.24, 2.45) is 0 Å². The molecule has 45 heavy (non-hydrogen) atoms. The number of hydrogen-bond acceptors (Lipinski definition) is 5. The van der Waals surface area contributed by atoms with Gasteiger partial charge in [-0.15, -0.1) is 0 Å². The van der Waals surface area contributed by atoms with E-state index in [0.717, 1.165) is 83.5 Å². The normalized spacial score (nSPS) is 13.0. The van der Waals surface area contributed by atoms with Crippen LogP contribution in [-0.4, -0.2) is 36.4 Å². The van der Waals surface area contributed by atoms with E-state index in [1.807, 2.05) is 0 Å². The van der Waals surface area contributed by atoms with Crippen LogP contribution in [0.1, 0.15) is 149 Å². The van der Waals surface area contributed by atoms with Crippen molar-refractivity contribution in [2.75, 3.05) is 13.2 Å². The highest BCUT2D eigenvalue weighted by molar-refractivity contribution is 5.70. The van der Waals surface area contributed by atoms with E-state index < -0.39 is 6.10 Å². The quantitative estimate of drug-likeness (QED) is 0.0471. The Labute approximate surface area is 276 Å². The number of rotatable bonds is 31. The number of hydrogen-bond donors (Lipinski definition) is 1. The van der Waals surface area contributed by atoms with E-state index in [1.54, 1.807) is 0 Å². The van der Waals surface area contributed by atoms with Gasteiger partial charge in [-0.05, 0) is 83.5 Å². The van der Waals surface area contributed by atoms with Crippen LogP contribution in [0.5, 0.6) is 0 Å². The summed E-state index contributed by atoms with van der Waals surface area (Å²) in [5, 5.41) is 9.52. The maximum Gasteiger partial charge on any atom is 0.306 e. The van der Waals surface area contributed by atoms with Gasteiger partial charge in [0.25, 0.3) is 0 Å². The largest absolute Gasteiger partial charge is 0.462 e. The first kappa shape index (κ1) is 42.3. The molecule has 0 amide bonds. The second-order valence-electron chi connectivity index (χ2n) is 11.6. The Balaban J connectivity index is 3.70. The van der Waals surface area contributed by atoms with Crippen molar-refractivity contribution >= 4 is 11.9 Å². The van der Waals surface area contributed by atoms with Crippen LogP contribution in [-0.2, 0) is 19.1 Å². The van der Waals surface area contributed by atoms with E-state index in [0.29, 0.717) is 12.8 Å². The molecule has 0 fully saturated rings. The van der Waals surface area contributed by atoms with Crippen LogP contribution in [0.25, 0.3) is 0 Å². The van der Waals surface area contributed by atoms with Crippen molar-refractivity contribution in [1.82, 2.24) is 0 Å². The summed E-state index contributed by atoms with van der Waals surface area (Å²) >= 11 is 0. The van der Waals surface area contributed by atoms with Crippen molar-refractivity contribution in [2.45, 2.75) is 155 Å². The smallest absolute Gasteiger partial charge is 0.306 e. The van der Waals surface area contributed by atoms with E-state index in [2.05, 4.69) is 86.8 Å². The zero-order chi connectivity index (χ0) is 32.9. The lowest BCUT2D eigenvalue weighted by Crippen LogP contribution is -2.28. The van der Waals surface area contributed by atoms with Crippen LogP contribution in [0.4, 0.5) is 0 Å². The molecule has 0 spiro atoms. The minimum absolute atomic E-state index is 0.0876. The Morgan fingerprint density at radius 3 is 1.49 bits per heavy atom. The molecule has 0 aromatic rings. The zero-order valence-electron chi connectivity index (χ0n) is 28.8. The summed E-state index contributed by atoms with van der Waals surface area (Å²) < 4.78 is 10.5. The van der Waals surface area contributed by atoms with Gasteiger partial charge in [-0.25, -0.2) is 0 Å². The number of aliphatic hydroxyl groups excluding tert-OH is 1. The highest BCUT2D eigenvalue weighted by atomic mass is 16.6. The Bertz CT molecular complexity index is 849. The number of carbonyl (C=O) groups is 2. The molecule has 0 saturated heterocycles. The summed E-state index contributed by atoms with van der Waals surface area (Å²) in [4.78, 5) is 24.1. The summed E-state index contributed by atoms with van der Waals surface area (Å²) in [7, 11) is 0.